The van der Waals surface area contributed by atoms with Gasteiger partial charge >= 0.3 is 0 Å². The fourth-order valence-corrected chi connectivity index (χ4v) is 1.59. The Labute approximate surface area is 102 Å². The highest BCUT2D eigenvalue weighted by molar-refractivity contribution is 5.75. The number of hydrogen-bond acceptors (Lipinski definition) is 3. The zero-order valence-electron chi connectivity index (χ0n) is 10.4. The predicted octanol–water partition coefficient (Wildman–Crippen LogP) is 1.53. The van der Waals surface area contributed by atoms with Crippen molar-refractivity contribution >= 4 is 11.6 Å². The van der Waals surface area contributed by atoms with Gasteiger partial charge in [-0.2, -0.15) is 0 Å². The third-order valence-corrected chi connectivity index (χ3v) is 2.71. The molecular weight excluding hydrogens is 216 g/mol. The Bertz CT molecular complexity index is 391. The molecule has 1 unspecified atom stereocenters. The van der Waals surface area contributed by atoms with Gasteiger partial charge in [-0.1, -0.05) is 12.1 Å². The average molecular weight is 236 g/mol. The van der Waals surface area contributed by atoms with E-state index in [1.165, 1.54) is 0 Å². The number of aryl methyl sites for hydroxylation is 1. The summed E-state index contributed by atoms with van der Waals surface area (Å²) in [5, 5.41) is 12.6. The minimum Gasteiger partial charge on any atom is -0.399 e. The molecule has 0 fully saturated rings. The van der Waals surface area contributed by atoms with Crippen LogP contribution in [0.4, 0.5) is 5.69 Å². The van der Waals surface area contributed by atoms with Crippen molar-refractivity contribution in [1.82, 2.24) is 5.32 Å². The van der Waals surface area contributed by atoms with Crippen LogP contribution in [0, 0.1) is 6.92 Å². The summed E-state index contributed by atoms with van der Waals surface area (Å²) in [5.74, 6) is -0.0355. The summed E-state index contributed by atoms with van der Waals surface area (Å²) in [5.41, 5.74) is 8.19. The summed E-state index contributed by atoms with van der Waals surface area (Å²) in [7, 11) is 0. The number of nitrogens with one attached hydrogen (secondary N) is 1. The molecule has 0 bridgehead atoms. The van der Waals surface area contributed by atoms with E-state index in [1.54, 1.807) is 6.07 Å². The normalized spacial score (nSPS) is 12.2. The van der Waals surface area contributed by atoms with Crippen molar-refractivity contribution in [3.05, 3.63) is 29.3 Å². The van der Waals surface area contributed by atoms with Crippen molar-refractivity contribution in [2.45, 2.75) is 32.8 Å². The molecule has 0 aromatic heterocycles. The molecule has 0 spiro atoms. The summed E-state index contributed by atoms with van der Waals surface area (Å²) in [6.07, 6.45) is 0.0948. The van der Waals surface area contributed by atoms with Crippen molar-refractivity contribution in [2.75, 3.05) is 12.3 Å². The van der Waals surface area contributed by atoms with E-state index >= 15 is 0 Å². The van der Waals surface area contributed by atoms with E-state index in [0.717, 1.165) is 11.1 Å². The van der Waals surface area contributed by atoms with Crippen LogP contribution in [0.15, 0.2) is 18.2 Å². The third-order valence-electron chi connectivity index (χ3n) is 2.71. The molecule has 0 aliphatic rings. The highest BCUT2D eigenvalue weighted by Crippen LogP contribution is 2.22. The number of carbonyl (C=O) groups is 1. The van der Waals surface area contributed by atoms with Gasteiger partial charge in [-0.15, -0.1) is 0 Å². The highest BCUT2D eigenvalue weighted by Gasteiger charge is 2.10. The fraction of sp³-hybridized carbons (Fsp3) is 0.462. The molecule has 1 atom stereocenters. The molecule has 0 heterocycles. The van der Waals surface area contributed by atoms with Gasteiger partial charge in [0.25, 0.3) is 0 Å². The molecule has 0 saturated carbocycles. The lowest BCUT2D eigenvalue weighted by Crippen LogP contribution is -2.22. The van der Waals surface area contributed by atoms with Gasteiger partial charge < -0.3 is 16.2 Å². The maximum atomic E-state index is 11.3. The molecule has 4 heteroatoms. The minimum absolute atomic E-state index is 0.0355. The quantitative estimate of drug-likeness (QED) is 0.679. The highest BCUT2D eigenvalue weighted by atomic mass is 16.3. The maximum absolute atomic E-state index is 11.3. The standard InChI is InChI=1S/C13H20N2O2/c1-3-15-13(17)7-6-12(16)10-5-4-9(2)11(14)8-10/h4-5,8,12,16H,3,6-7,14H2,1-2H3,(H,15,17). The molecule has 94 valence electrons. The average Bonchev–Trinajstić information content (AvgIpc) is 2.30. The van der Waals surface area contributed by atoms with Crippen LogP contribution in [0.3, 0.4) is 0 Å². The van der Waals surface area contributed by atoms with Crippen molar-refractivity contribution in [2.24, 2.45) is 0 Å². The lowest BCUT2D eigenvalue weighted by atomic mass is 10.0. The Kier molecular flexibility index (Phi) is 4.97. The number of nitrogen functional groups attached to an aromatic ring is 1. The minimum atomic E-state index is -0.638. The molecule has 1 amide bonds. The van der Waals surface area contributed by atoms with Gasteiger partial charge in [0.15, 0.2) is 0 Å². The topological polar surface area (TPSA) is 75.3 Å². The van der Waals surface area contributed by atoms with Gasteiger partial charge in [-0.05, 0) is 37.5 Å². The van der Waals surface area contributed by atoms with E-state index < -0.39 is 6.10 Å². The van der Waals surface area contributed by atoms with E-state index in [4.69, 9.17) is 5.73 Å². The van der Waals surface area contributed by atoms with Crippen molar-refractivity contribution < 1.29 is 9.90 Å². The largest absolute Gasteiger partial charge is 0.399 e. The number of aliphatic hydroxyl groups excluding tert-OH is 1. The Morgan fingerprint density at radius 2 is 2.24 bits per heavy atom. The van der Waals surface area contributed by atoms with Crippen LogP contribution in [0.2, 0.25) is 0 Å². The van der Waals surface area contributed by atoms with Gasteiger partial charge in [-0.25, -0.2) is 0 Å². The molecule has 0 aliphatic heterocycles. The first-order chi connectivity index (χ1) is 8.04. The number of nitrogens with two attached hydrogens (primary N) is 1. The van der Waals surface area contributed by atoms with Crippen LogP contribution < -0.4 is 11.1 Å². The summed E-state index contributed by atoms with van der Waals surface area (Å²) in [6.45, 7) is 4.40. The Morgan fingerprint density at radius 3 is 2.82 bits per heavy atom. The SMILES string of the molecule is CCNC(=O)CCC(O)c1ccc(C)c(N)c1. The second kappa shape index (κ2) is 6.25. The Balaban J connectivity index is 2.54. The predicted molar refractivity (Wildman–Crippen MR) is 68.5 cm³/mol. The molecular formula is C13H20N2O2. The molecule has 0 aliphatic carbocycles. The Hall–Kier alpha value is -1.55. The van der Waals surface area contributed by atoms with Crippen LogP contribution >= 0.6 is 0 Å². The second-order valence-corrected chi connectivity index (χ2v) is 4.12. The summed E-state index contributed by atoms with van der Waals surface area (Å²) < 4.78 is 0. The van der Waals surface area contributed by atoms with Crippen LogP contribution in [0.25, 0.3) is 0 Å². The van der Waals surface area contributed by atoms with Gasteiger partial charge in [0.2, 0.25) is 5.91 Å². The lowest BCUT2D eigenvalue weighted by molar-refractivity contribution is -0.121. The van der Waals surface area contributed by atoms with E-state index in [1.807, 2.05) is 26.0 Å². The number of carbonyl (C=O) groups excluding carboxylic acids is 1. The van der Waals surface area contributed by atoms with Crippen molar-refractivity contribution in [1.29, 1.82) is 0 Å². The smallest absolute Gasteiger partial charge is 0.220 e. The molecule has 17 heavy (non-hydrogen) atoms. The molecule has 1 rings (SSSR count). The van der Waals surface area contributed by atoms with E-state index in [0.29, 0.717) is 25.1 Å². The monoisotopic (exact) mass is 236 g/mol. The van der Waals surface area contributed by atoms with E-state index in [9.17, 15) is 9.90 Å². The molecule has 1 aromatic rings. The first kappa shape index (κ1) is 13.5. The molecule has 0 saturated heterocycles. The first-order valence-electron chi connectivity index (χ1n) is 5.85. The number of benzene rings is 1. The van der Waals surface area contributed by atoms with Crippen LogP contribution in [-0.2, 0) is 4.79 Å². The maximum Gasteiger partial charge on any atom is 0.220 e. The van der Waals surface area contributed by atoms with E-state index in [2.05, 4.69) is 5.32 Å². The van der Waals surface area contributed by atoms with Crippen molar-refractivity contribution in [3.63, 3.8) is 0 Å². The Morgan fingerprint density at radius 1 is 1.53 bits per heavy atom. The first-order valence-corrected chi connectivity index (χ1v) is 5.85. The summed E-state index contributed by atoms with van der Waals surface area (Å²) in [6, 6.07) is 5.48. The lowest BCUT2D eigenvalue weighted by Gasteiger charge is -2.12. The van der Waals surface area contributed by atoms with Crippen LogP contribution in [0.1, 0.15) is 37.0 Å². The van der Waals surface area contributed by atoms with Gasteiger partial charge in [-0.3, -0.25) is 4.79 Å². The third kappa shape index (κ3) is 4.07. The number of amides is 1. The van der Waals surface area contributed by atoms with E-state index in [-0.39, 0.29) is 5.91 Å². The zero-order valence-corrected chi connectivity index (χ0v) is 10.4. The summed E-state index contributed by atoms with van der Waals surface area (Å²) in [4.78, 5) is 11.3. The fourth-order valence-electron chi connectivity index (χ4n) is 1.59. The molecule has 4 N–H and O–H groups in total. The number of aliphatic hydroxyl groups is 1. The molecule has 1 aromatic carbocycles. The summed E-state index contributed by atoms with van der Waals surface area (Å²) >= 11 is 0. The molecule has 4 nitrogen and oxygen atoms in total. The zero-order chi connectivity index (χ0) is 12.8. The van der Waals surface area contributed by atoms with Gasteiger partial charge in [0, 0.05) is 18.7 Å². The second-order valence-electron chi connectivity index (χ2n) is 4.12. The number of anilines is 1. The number of hydrogen-bond donors (Lipinski definition) is 3. The van der Waals surface area contributed by atoms with Crippen LogP contribution in [-0.4, -0.2) is 17.6 Å². The molecule has 0 radical (unpaired) electrons. The van der Waals surface area contributed by atoms with Crippen LogP contribution in [0.5, 0.6) is 0 Å². The number of rotatable bonds is 5. The van der Waals surface area contributed by atoms with Gasteiger partial charge in [0.05, 0.1) is 6.10 Å². The van der Waals surface area contributed by atoms with Crippen molar-refractivity contribution in [3.8, 4) is 0 Å². The van der Waals surface area contributed by atoms with Gasteiger partial charge in [0.1, 0.15) is 0 Å².